The van der Waals surface area contributed by atoms with E-state index in [9.17, 15) is 19.8 Å². The molecule has 1 aromatic heterocycles. The predicted octanol–water partition coefficient (Wildman–Crippen LogP) is 2.83. The summed E-state index contributed by atoms with van der Waals surface area (Å²) < 4.78 is 1.88. The minimum Gasteiger partial charge on any atom is -0.465 e. The molecule has 156 valence electrons. The van der Waals surface area contributed by atoms with Gasteiger partial charge in [-0.05, 0) is 29.7 Å². The van der Waals surface area contributed by atoms with Gasteiger partial charge in [-0.3, -0.25) is 4.79 Å². The first kappa shape index (κ1) is 21.1. The van der Waals surface area contributed by atoms with Crippen molar-refractivity contribution in [2.75, 3.05) is 13.2 Å². The number of imidazole rings is 1. The third-order valence-electron chi connectivity index (χ3n) is 5.13. The first-order valence-corrected chi connectivity index (χ1v) is 9.74. The van der Waals surface area contributed by atoms with Crippen LogP contribution in [0.2, 0.25) is 5.02 Å². The maximum atomic E-state index is 13.0. The fraction of sp³-hybridized carbons (Fsp3) is 0.450. The average Bonchev–Trinajstić information content (AvgIpc) is 3.04. The van der Waals surface area contributed by atoms with Crippen molar-refractivity contribution in [3.63, 3.8) is 0 Å². The summed E-state index contributed by atoms with van der Waals surface area (Å²) in [5.41, 5.74) is 1.14. The van der Waals surface area contributed by atoms with Crippen molar-refractivity contribution >= 4 is 23.6 Å². The fourth-order valence-electron chi connectivity index (χ4n) is 3.30. The Morgan fingerprint density at radius 1 is 1.24 bits per heavy atom. The lowest BCUT2D eigenvalue weighted by atomic mass is 9.87. The average molecular weight is 421 g/mol. The molecule has 3 N–H and O–H groups in total. The first-order valence-electron chi connectivity index (χ1n) is 9.36. The van der Waals surface area contributed by atoms with E-state index in [-0.39, 0.29) is 24.3 Å². The van der Waals surface area contributed by atoms with E-state index in [0.29, 0.717) is 29.6 Å². The number of halogens is 1. The smallest absolute Gasteiger partial charge is 0.407 e. The van der Waals surface area contributed by atoms with E-state index in [2.05, 4.69) is 10.3 Å². The zero-order valence-electron chi connectivity index (χ0n) is 16.6. The summed E-state index contributed by atoms with van der Waals surface area (Å²) in [6.07, 6.45) is -1.04. The number of benzene rings is 1. The van der Waals surface area contributed by atoms with Crippen LogP contribution in [-0.2, 0) is 13.1 Å². The van der Waals surface area contributed by atoms with E-state index >= 15 is 0 Å². The Balaban J connectivity index is 2.03. The molecule has 0 bridgehead atoms. The second-order valence-corrected chi connectivity index (χ2v) is 8.60. The molecule has 2 heterocycles. The number of carboxylic acid groups (broad SMARTS) is 1. The Morgan fingerprint density at radius 2 is 1.90 bits per heavy atom. The Bertz CT molecular complexity index is 918. The Labute approximate surface area is 174 Å². The summed E-state index contributed by atoms with van der Waals surface area (Å²) in [7, 11) is 0. The third kappa shape index (κ3) is 4.38. The van der Waals surface area contributed by atoms with E-state index in [1.165, 1.54) is 4.90 Å². The summed E-state index contributed by atoms with van der Waals surface area (Å²) in [5.74, 6) is 0.151. The number of aliphatic hydroxyl groups is 1. The van der Waals surface area contributed by atoms with Crippen molar-refractivity contribution < 1.29 is 19.8 Å². The van der Waals surface area contributed by atoms with Crippen LogP contribution in [0.3, 0.4) is 0 Å². The molecule has 0 fully saturated rings. The Kier molecular flexibility index (Phi) is 5.86. The van der Waals surface area contributed by atoms with Gasteiger partial charge in [0, 0.05) is 23.7 Å². The van der Waals surface area contributed by atoms with E-state index in [4.69, 9.17) is 11.6 Å². The van der Waals surface area contributed by atoms with Gasteiger partial charge in [0.2, 0.25) is 0 Å². The maximum Gasteiger partial charge on any atom is 0.407 e. The van der Waals surface area contributed by atoms with Crippen LogP contribution in [0.25, 0.3) is 11.4 Å². The fourth-order valence-corrected chi connectivity index (χ4v) is 3.42. The molecule has 1 aromatic carbocycles. The van der Waals surface area contributed by atoms with Gasteiger partial charge >= 0.3 is 6.09 Å². The molecule has 8 nitrogen and oxygen atoms in total. The molecule has 1 aliphatic heterocycles. The predicted molar refractivity (Wildman–Crippen MR) is 109 cm³/mol. The van der Waals surface area contributed by atoms with Gasteiger partial charge in [0.25, 0.3) is 5.91 Å². The highest BCUT2D eigenvalue weighted by Gasteiger charge is 2.32. The molecule has 0 spiro atoms. The van der Waals surface area contributed by atoms with Gasteiger partial charge in [-0.15, -0.1) is 0 Å². The van der Waals surface area contributed by atoms with Gasteiger partial charge in [-0.25, -0.2) is 9.78 Å². The number of carbonyl (C=O) groups excluding carboxylic acids is 1. The number of nitrogens with zero attached hydrogens (tertiary/aromatic N) is 3. The minimum absolute atomic E-state index is 0.0674. The molecule has 9 heteroatoms. The van der Waals surface area contributed by atoms with E-state index in [1.54, 1.807) is 12.1 Å². The molecular weight excluding hydrogens is 396 g/mol. The second-order valence-electron chi connectivity index (χ2n) is 8.17. The molecule has 3 rings (SSSR count). The number of amides is 2. The highest BCUT2D eigenvalue weighted by atomic mass is 35.5. The molecule has 1 unspecified atom stereocenters. The van der Waals surface area contributed by atoms with Crippen LogP contribution < -0.4 is 5.32 Å². The van der Waals surface area contributed by atoms with Crippen molar-refractivity contribution in [2.45, 2.75) is 39.9 Å². The molecule has 2 aromatic rings. The zero-order valence-corrected chi connectivity index (χ0v) is 17.4. The SMILES string of the molecule is CC(C)(C)C(CO)NC(=O)c1nc(-c2ccc(Cl)cc2)n2c1CN(C(=O)O)CC2. The van der Waals surface area contributed by atoms with Gasteiger partial charge in [0.1, 0.15) is 5.82 Å². The summed E-state index contributed by atoms with van der Waals surface area (Å²) in [6.45, 7) is 6.31. The van der Waals surface area contributed by atoms with Crippen LogP contribution in [0.15, 0.2) is 24.3 Å². The number of aliphatic hydroxyl groups excluding tert-OH is 1. The van der Waals surface area contributed by atoms with Crippen molar-refractivity contribution in [2.24, 2.45) is 5.41 Å². The Hall–Kier alpha value is -2.58. The van der Waals surface area contributed by atoms with E-state index < -0.39 is 18.0 Å². The highest BCUT2D eigenvalue weighted by Crippen LogP contribution is 2.28. The van der Waals surface area contributed by atoms with Crippen LogP contribution in [0.4, 0.5) is 4.79 Å². The number of carbonyl (C=O) groups is 2. The van der Waals surface area contributed by atoms with Crippen LogP contribution >= 0.6 is 11.6 Å². The lowest BCUT2D eigenvalue weighted by Gasteiger charge is -2.30. The monoisotopic (exact) mass is 420 g/mol. The summed E-state index contributed by atoms with van der Waals surface area (Å²) >= 11 is 5.98. The second kappa shape index (κ2) is 8.04. The lowest BCUT2D eigenvalue weighted by molar-refractivity contribution is 0.0838. The van der Waals surface area contributed by atoms with Gasteiger partial charge in [0.15, 0.2) is 5.69 Å². The number of rotatable bonds is 4. The number of fused-ring (bicyclic) bond motifs is 1. The number of nitrogens with one attached hydrogen (secondary N) is 1. The normalized spacial score (nSPS) is 15.0. The van der Waals surface area contributed by atoms with Crippen molar-refractivity contribution in [3.05, 3.63) is 40.7 Å². The maximum absolute atomic E-state index is 13.0. The molecule has 0 radical (unpaired) electrons. The molecule has 0 saturated carbocycles. The highest BCUT2D eigenvalue weighted by molar-refractivity contribution is 6.30. The van der Waals surface area contributed by atoms with Crippen LogP contribution in [-0.4, -0.2) is 55.9 Å². The quantitative estimate of drug-likeness (QED) is 0.704. The first-order chi connectivity index (χ1) is 13.6. The van der Waals surface area contributed by atoms with Crippen LogP contribution in [0, 0.1) is 5.41 Å². The Morgan fingerprint density at radius 3 is 2.45 bits per heavy atom. The van der Waals surface area contributed by atoms with Gasteiger partial charge in [-0.1, -0.05) is 32.4 Å². The standard InChI is InChI=1S/C20H25ClN4O4/c1-20(2,3)15(11-26)22-18(27)16-14-10-24(19(28)29)8-9-25(14)17(23-16)12-4-6-13(21)7-5-12/h4-7,15,26H,8-11H2,1-3H3,(H,22,27)(H,28,29). The van der Waals surface area contributed by atoms with Crippen LogP contribution in [0.1, 0.15) is 37.0 Å². The van der Waals surface area contributed by atoms with Crippen molar-refractivity contribution in [1.82, 2.24) is 19.8 Å². The van der Waals surface area contributed by atoms with Gasteiger partial charge in [-0.2, -0.15) is 0 Å². The van der Waals surface area contributed by atoms with E-state index in [0.717, 1.165) is 5.56 Å². The summed E-state index contributed by atoms with van der Waals surface area (Å²) in [6, 6.07) is 6.65. The van der Waals surface area contributed by atoms with Gasteiger partial charge < -0.3 is 25.0 Å². The number of hydrogen-bond acceptors (Lipinski definition) is 4. The minimum atomic E-state index is -1.04. The molecular formula is C20H25ClN4O4. The molecule has 2 amide bonds. The molecule has 0 saturated heterocycles. The van der Waals surface area contributed by atoms with Crippen LogP contribution in [0.5, 0.6) is 0 Å². The summed E-state index contributed by atoms with van der Waals surface area (Å²) in [5, 5.41) is 22.5. The number of aromatic nitrogens is 2. The third-order valence-corrected chi connectivity index (χ3v) is 5.38. The van der Waals surface area contributed by atoms with Crippen molar-refractivity contribution in [1.29, 1.82) is 0 Å². The zero-order chi connectivity index (χ0) is 21.3. The molecule has 29 heavy (non-hydrogen) atoms. The molecule has 0 aliphatic carbocycles. The van der Waals surface area contributed by atoms with Crippen molar-refractivity contribution in [3.8, 4) is 11.4 Å². The summed E-state index contributed by atoms with van der Waals surface area (Å²) in [4.78, 5) is 30.3. The largest absolute Gasteiger partial charge is 0.465 e. The van der Waals surface area contributed by atoms with Gasteiger partial charge in [0.05, 0.1) is 24.9 Å². The van der Waals surface area contributed by atoms with E-state index in [1.807, 2.05) is 37.5 Å². The topological polar surface area (TPSA) is 108 Å². The molecule has 1 atom stereocenters. The lowest BCUT2D eigenvalue weighted by Crippen LogP contribution is -2.47. The molecule has 1 aliphatic rings. The number of hydrogen-bond donors (Lipinski definition) is 3.